The van der Waals surface area contributed by atoms with Crippen molar-refractivity contribution in [3.63, 3.8) is 0 Å². The molecule has 1 fully saturated rings. The van der Waals surface area contributed by atoms with Crippen LogP contribution in [-0.4, -0.2) is 38.1 Å². The number of piperidine rings is 1. The molecule has 0 radical (unpaired) electrons. The summed E-state index contributed by atoms with van der Waals surface area (Å²) < 4.78 is 0. The van der Waals surface area contributed by atoms with E-state index in [0.29, 0.717) is 0 Å². The molecule has 0 bridgehead atoms. The van der Waals surface area contributed by atoms with Crippen molar-refractivity contribution in [3.05, 3.63) is 0 Å². The van der Waals surface area contributed by atoms with Crippen molar-refractivity contribution in [2.75, 3.05) is 33.2 Å². The molecule has 0 aromatic heterocycles. The van der Waals surface area contributed by atoms with E-state index in [-0.39, 0.29) is 0 Å². The van der Waals surface area contributed by atoms with Crippen LogP contribution in [0, 0.1) is 11.8 Å². The fourth-order valence-corrected chi connectivity index (χ4v) is 1.82. The zero-order valence-corrected chi connectivity index (χ0v) is 8.64. The topological polar surface area (TPSA) is 15.3 Å². The van der Waals surface area contributed by atoms with Gasteiger partial charge in [0, 0.05) is 19.6 Å². The predicted molar refractivity (Wildman–Crippen MR) is 53.3 cm³/mol. The Bertz CT molecular complexity index is 123. The van der Waals surface area contributed by atoms with Gasteiger partial charge in [-0.1, -0.05) is 13.8 Å². The first-order valence-corrected chi connectivity index (χ1v) is 5.11. The van der Waals surface area contributed by atoms with Crippen molar-refractivity contribution < 1.29 is 0 Å². The van der Waals surface area contributed by atoms with Crippen LogP contribution in [0.5, 0.6) is 0 Å². The van der Waals surface area contributed by atoms with E-state index in [1.54, 1.807) is 0 Å². The summed E-state index contributed by atoms with van der Waals surface area (Å²) in [7, 11) is 2.02. The second kappa shape index (κ2) is 4.83. The zero-order chi connectivity index (χ0) is 8.97. The Balaban J connectivity index is 2.21. The summed E-state index contributed by atoms with van der Waals surface area (Å²) in [6, 6.07) is 0. The molecule has 12 heavy (non-hydrogen) atoms. The summed E-state index contributed by atoms with van der Waals surface area (Å²) in [5, 5.41) is 3.20. The van der Waals surface area contributed by atoms with Crippen molar-refractivity contribution in [2.24, 2.45) is 11.8 Å². The lowest BCUT2D eigenvalue weighted by molar-refractivity contribution is 0.140. The van der Waals surface area contributed by atoms with Crippen LogP contribution >= 0.6 is 0 Å². The molecular weight excluding hydrogens is 148 g/mol. The Morgan fingerprint density at radius 1 is 1.33 bits per heavy atom. The van der Waals surface area contributed by atoms with Crippen LogP contribution in [-0.2, 0) is 0 Å². The van der Waals surface area contributed by atoms with Crippen molar-refractivity contribution >= 4 is 0 Å². The van der Waals surface area contributed by atoms with E-state index in [0.717, 1.165) is 18.4 Å². The Kier molecular flexibility index (Phi) is 4.02. The molecule has 2 heteroatoms. The van der Waals surface area contributed by atoms with Gasteiger partial charge in [0.1, 0.15) is 0 Å². The van der Waals surface area contributed by atoms with Crippen molar-refractivity contribution in [1.82, 2.24) is 10.2 Å². The molecule has 0 aromatic rings. The quantitative estimate of drug-likeness (QED) is 0.684. The second-order valence-corrected chi connectivity index (χ2v) is 4.15. The Morgan fingerprint density at radius 2 is 2.08 bits per heavy atom. The number of nitrogens with one attached hydrogen (secondary N) is 1. The summed E-state index contributed by atoms with van der Waals surface area (Å²) in [5.41, 5.74) is 0. The maximum absolute atomic E-state index is 3.20. The summed E-state index contributed by atoms with van der Waals surface area (Å²) in [4.78, 5) is 2.57. The molecule has 0 aromatic carbocycles. The number of hydrogen-bond donors (Lipinski definition) is 1. The van der Waals surface area contributed by atoms with E-state index in [1.807, 2.05) is 7.05 Å². The third-order valence-corrected chi connectivity index (χ3v) is 3.10. The predicted octanol–water partition coefficient (Wildman–Crippen LogP) is 1.18. The Labute approximate surface area is 76.3 Å². The summed E-state index contributed by atoms with van der Waals surface area (Å²) in [6.07, 6.45) is 1.38. The van der Waals surface area contributed by atoms with Crippen LogP contribution in [0.1, 0.15) is 20.3 Å². The highest BCUT2D eigenvalue weighted by Gasteiger charge is 2.21. The number of hydrogen-bond acceptors (Lipinski definition) is 2. The minimum Gasteiger partial charge on any atom is -0.318 e. The summed E-state index contributed by atoms with van der Waals surface area (Å²) in [6.45, 7) is 9.68. The minimum atomic E-state index is 0.885. The van der Waals surface area contributed by atoms with Crippen LogP contribution in [0.2, 0.25) is 0 Å². The highest BCUT2D eigenvalue weighted by atomic mass is 15.1. The maximum atomic E-state index is 3.20. The highest BCUT2D eigenvalue weighted by Crippen LogP contribution is 2.21. The zero-order valence-electron chi connectivity index (χ0n) is 8.64. The monoisotopic (exact) mass is 170 g/mol. The third-order valence-electron chi connectivity index (χ3n) is 3.10. The van der Waals surface area contributed by atoms with Crippen LogP contribution in [0.25, 0.3) is 0 Å². The first-order chi connectivity index (χ1) is 5.74. The molecule has 72 valence electrons. The van der Waals surface area contributed by atoms with Crippen LogP contribution in [0.4, 0.5) is 0 Å². The van der Waals surface area contributed by atoms with Crippen LogP contribution in [0.15, 0.2) is 0 Å². The lowest BCUT2D eigenvalue weighted by Gasteiger charge is -2.35. The Hall–Kier alpha value is -0.0800. The molecule has 1 aliphatic rings. The standard InChI is InChI=1S/C10H22N2/c1-9-4-6-12(7-5-11-3)8-10(9)2/h9-11H,4-8H2,1-3H3. The molecule has 2 atom stereocenters. The molecule has 2 unspecified atom stereocenters. The van der Waals surface area contributed by atoms with Gasteiger partial charge in [-0.2, -0.15) is 0 Å². The van der Waals surface area contributed by atoms with Crippen molar-refractivity contribution in [3.8, 4) is 0 Å². The van der Waals surface area contributed by atoms with Gasteiger partial charge in [0.25, 0.3) is 0 Å². The Morgan fingerprint density at radius 3 is 2.67 bits per heavy atom. The fraction of sp³-hybridized carbons (Fsp3) is 1.00. The fourth-order valence-electron chi connectivity index (χ4n) is 1.82. The van der Waals surface area contributed by atoms with Gasteiger partial charge >= 0.3 is 0 Å². The molecule has 0 saturated carbocycles. The van der Waals surface area contributed by atoms with E-state index in [4.69, 9.17) is 0 Å². The largest absolute Gasteiger partial charge is 0.318 e. The lowest BCUT2D eigenvalue weighted by Crippen LogP contribution is -2.41. The van der Waals surface area contributed by atoms with E-state index >= 15 is 0 Å². The lowest BCUT2D eigenvalue weighted by atomic mass is 9.89. The number of rotatable bonds is 3. The minimum absolute atomic E-state index is 0.885. The number of likely N-dealkylation sites (tertiary alicyclic amines) is 1. The molecule has 1 aliphatic heterocycles. The summed E-state index contributed by atoms with van der Waals surface area (Å²) in [5.74, 6) is 1.81. The smallest absolute Gasteiger partial charge is 0.0107 e. The van der Waals surface area contributed by atoms with E-state index < -0.39 is 0 Å². The second-order valence-electron chi connectivity index (χ2n) is 4.15. The van der Waals surface area contributed by atoms with Crippen LogP contribution in [0.3, 0.4) is 0 Å². The highest BCUT2D eigenvalue weighted by molar-refractivity contribution is 4.75. The normalized spacial score (nSPS) is 32.2. The molecule has 0 amide bonds. The molecule has 0 aliphatic carbocycles. The van der Waals surface area contributed by atoms with Crippen molar-refractivity contribution in [2.45, 2.75) is 20.3 Å². The molecule has 1 saturated heterocycles. The third kappa shape index (κ3) is 2.76. The van der Waals surface area contributed by atoms with E-state index in [2.05, 4.69) is 24.1 Å². The van der Waals surface area contributed by atoms with Gasteiger partial charge in [0.2, 0.25) is 0 Å². The van der Waals surface area contributed by atoms with Gasteiger partial charge in [-0.25, -0.2) is 0 Å². The average molecular weight is 170 g/mol. The number of likely N-dealkylation sites (N-methyl/N-ethyl adjacent to an activating group) is 1. The van der Waals surface area contributed by atoms with Crippen LogP contribution < -0.4 is 5.32 Å². The molecular formula is C10H22N2. The van der Waals surface area contributed by atoms with Gasteiger partial charge in [0.05, 0.1) is 0 Å². The van der Waals surface area contributed by atoms with Gasteiger partial charge in [-0.3, -0.25) is 0 Å². The first kappa shape index (κ1) is 10.0. The van der Waals surface area contributed by atoms with Gasteiger partial charge in [0.15, 0.2) is 0 Å². The number of nitrogens with zero attached hydrogens (tertiary/aromatic N) is 1. The van der Waals surface area contributed by atoms with Gasteiger partial charge < -0.3 is 10.2 Å². The maximum Gasteiger partial charge on any atom is 0.0107 e. The molecule has 2 nitrogen and oxygen atoms in total. The van der Waals surface area contributed by atoms with E-state index in [9.17, 15) is 0 Å². The van der Waals surface area contributed by atoms with Gasteiger partial charge in [-0.05, 0) is 31.8 Å². The molecule has 0 spiro atoms. The average Bonchev–Trinajstić information content (AvgIpc) is 2.07. The SMILES string of the molecule is CNCCN1CCC(C)C(C)C1. The first-order valence-electron chi connectivity index (χ1n) is 5.11. The molecule has 1 rings (SSSR count). The van der Waals surface area contributed by atoms with E-state index in [1.165, 1.54) is 26.1 Å². The summed E-state index contributed by atoms with van der Waals surface area (Å²) >= 11 is 0. The van der Waals surface area contributed by atoms with Gasteiger partial charge in [-0.15, -0.1) is 0 Å². The van der Waals surface area contributed by atoms with Crippen molar-refractivity contribution in [1.29, 1.82) is 0 Å². The molecule has 1 heterocycles. The molecule has 1 N–H and O–H groups in total.